The molecule has 0 aliphatic carbocycles. The van der Waals surface area contributed by atoms with Gasteiger partial charge in [0.05, 0.1) is 34.9 Å². The van der Waals surface area contributed by atoms with Gasteiger partial charge in [-0.05, 0) is 58.0 Å². The molecule has 2 aromatic carbocycles. The SMILES string of the molecule is Cc1cc(C)n(-c2ccccc2NC(=O)Cc2c(C)nn(-c3ccccc3)c2C)n1. The third kappa shape index (κ3) is 3.76. The molecule has 0 saturated carbocycles. The molecule has 1 N–H and O–H groups in total. The molecule has 0 spiro atoms. The van der Waals surface area contributed by atoms with Gasteiger partial charge in [-0.2, -0.15) is 10.2 Å². The van der Waals surface area contributed by atoms with Crippen LogP contribution in [0.1, 0.15) is 28.3 Å². The third-order valence-electron chi connectivity index (χ3n) is 5.20. The average molecular weight is 399 g/mol. The summed E-state index contributed by atoms with van der Waals surface area (Å²) in [6.45, 7) is 7.91. The minimum atomic E-state index is -0.0807. The van der Waals surface area contributed by atoms with Crippen molar-refractivity contribution in [1.29, 1.82) is 0 Å². The molecule has 6 heteroatoms. The second kappa shape index (κ2) is 7.99. The van der Waals surface area contributed by atoms with Gasteiger partial charge in [-0.15, -0.1) is 0 Å². The van der Waals surface area contributed by atoms with Crippen LogP contribution in [-0.4, -0.2) is 25.5 Å². The maximum absolute atomic E-state index is 12.9. The summed E-state index contributed by atoms with van der Waals surface area (Å²) in [5.41, 5.74) is 7.31. The third-order valence-corrected chi connectivity index (χ3v) is 5.20. The lowest BCUT2D eigenvalue weighted by atomic mass is 10.1. The highest BCUT2D eigenvalue weighted by Crippen LogP contribution is 2.23. The van der Waals surface area contributed by atoms with E-state index in [2.05, 4.69) is 15.5 Å². The predicted molar refractivity (Wildman–Crippen MR) is 118 cm³/mol. The number of nitrogens with zero attached hydrogens (tertiary/aromatic N) is 4. The molecule has 0 unspecified atom stereocenters. The Kier molecular flexibility index (Phi) is 5.23. The molecular formula is C24H25N5O. The van der Waals surface area contributed by atoms with E-state index in [0.717, 1.165) is 45.4 Å². The largest absolute Gasteiger partial charge is 0.324 e. The number of anilines is 1. The average Bonchev–Trinajstić information content (AvgIpc) is 3.21. The molecule has 1 amide bonds. The Morgan fingerprint density at radius 2 is 1.60 bits per heavy atom. The highest BCUT2D eigenvalue weighted by molar-refractivity contribution is 5.94. The van der Waals surface area contributed by atoms with Crippen LogP contribution < -0.4 is 5.32 Å². The summed E-state index contributed by atoms with van der Waals surface area (Å²) in [7, 11) is 0. The van der Waals surface area contributed by atoms with Gasteiger partial charge in [-0.25, -0.2) is 9.36 Å². The molecule has 0 fully saturated rings. The molecule has 4 aromatic rings. The van der Waals surface area contributed by atoms with E-state index < -0.39 is 0 Å². The number of aryl methyl sites for hydroxylation is 3. The number of rotatable bonds is 5. The monoisotopic (exact) mass is 399 g/mol. The Bertz CT molecular complexity index is 1200. The minimum absolute atomic E-state index is 0.0807. The fourth-order valence-corrected chi connectivity index (χ4v) is 3.74. The second-order valence-corrected chi connectivity index (χ2v) is 7.48. The smallest absolute Gasteiger partial charge is 0.228 e. The van der Waals surface area contributed by atoms with Gasteiger partial charge in [-0.1, -0.05) is 30.3 Å². The lowest BCUT2D eigenvalue weighted by Gasteiger charge is -2.12. The van der Waals surface area contributed by atoms with Crippen LogP contribution in [0.4, 0.5) is 5.69 Å². The van der Waals surface area contributed by atoms with E-state index >= 15 is 0 Å². The van der Waals surface area contributed by atoms with Crippen molar-refractivity contribution < 1.29 is 4.79 Å². The normalized spacial score (nSPS) is 10.9. The van der Waals surface area contributed by atoms with E-state index in [-0.39, 0.29) is 12.3 Å². The van der Waals surface area contributed by atoms with Gasteiger partial charge in [0, 0.05) is 17.0 Å². The molecule has 0 aliphatic heterocycles. The number of para-hydroxylation sites is 3. The molecule has 0 bridgehead atoms. The number of hydrogen-bond donors (Lipinski definition) is 1. The Morgan fingerprint density at radius 3 is 2.30 bits per heavy atom. The van der Waals surface area contributed by atoms with E-state index in [9.17, 15) is 4.79 Å². The molecule has 0 aliphatic rings. The number of benzene rings is 2. The standard InChI is InChI=1S/C24H25N5O/c1-16-14-17(2)28(26-16)23-13-9-8-12-22(23)25-24(30)15-21-18(3)27-29(19(21)4)20-10-6-5-7-11-20/h5-14H,15H2,1-4H3,(H,25,30). The number of carbonyl (C=O) groups is 1. The van der Waals surface area contributed by atoms with Crippen LogP contribution in [0.2, 0.25) is 0 Å². The van der Waals surface area contributed by atoms with Crippen molar-refractivity contribution >= 4 is 11.6 Å². The lowest BCUT2D eigenvalue weighted by molar-refractivity contribution is -0.115. The summed E-state index contributed by atoms with van der Waals surface area (Å²) < 4.78 is 3.75. The minimum Gasteiger partial charge on any atom is -0.324 e. The molecule has 0 radical (unpaired) electrons. The maximum atomic E-state index is 12.9. The first-order valence-corrected chi connectivity index (χ1v) is 9.97. The van der Waals surface area contributed by atoms with Crippen molar-refractivity contribution in [3.05, 3.63) is 89.0 Å². The van der Waals surface area contributed by atoms with Gasteiger partial charge >= 0.3 is 0 Å². The van der Waals surface area contributed by atoms with Crippen molar-refractivity contribution in [2.45, 2.75) is 34.1 Å². The lowest BCUT2D eigenvalue weighted by Crippen LogP contribution is -2.17. The van der Waals surface area contributed by atoms with Crippen molar-refractivity contribution in [1.82, 2.24) is 19.6 Å². The Labute approximate surface area is 176 Å². The second-order valence-electron chi connectivity index (χ2n) is 7.48. The summed E-state index contributed by atoms with van der Waals surface area (Å²) in [5, 5.41) is 12.3. The van der Waals surface area contributed by atoms with E-state index in [1.165, 1.54) is 0 Å². The highest BCUT2D eigenvalue weighted by atomic mass is 16.1. The highest BCUT2D eigenvalue weighted by Gasteiger charge is 2.17. The van der Waals surface area contributed by atoms with Crippen LogP contribution in [0.5, 0.6) is 0 Å². The van der Waals surface area contributed by atoms with Crippen LogP contribution in [0, 0.1) is 27.7 Å². The first kappa shape index (κ1) is 19.6. The summed E-state index contributed by atoms with van der Waals surface area (Å²) in [6, 6.07) is 19.7. The van der Waals surface area contributed by atoms with E-state index in [0.29, 0.717) is 0 Å². The molecule has 0 atom stereocenters. The van der Waals surface area contributed by atoms with Crippen LogP contribution in [0.3, 0.4) is 0 Å². The van der Waals surface area contributed by atoms with E-state index in [1.54, 1.807) is 0 Å². The first-order valence-electron chi connectivity index (χ1n) is 9.97. The molecular weight excluding hydrogens is 374 g/mol. The van der Waals surface area contributed by atoms with E-state index in [1.807, 2.05) is 97.7 Å². The number of hydrogen-bond acceptors (Lipinski definition) is 3. The van der Waals surface area contributed by atoms with Crippen molar-refractivity contribution in [2.24, 2.45) is 0 Å². The fraction of sp³-hybridized carbons (Fsp3) is 0.208. The zero-order valence-electron chi connectivity index (χ0n) is 17.7. The quantitative estimate of drug-likeness (QED) is 0.538. The zero-order chi connectivity index (χ0) is 21.3. The maximum Gasteiger partial charge on any atom is 0.228 e. The molecule has 6 nitrogen and oxygen atoms in total. The molecule has 0 saturated heterocycles. The van der Waals surface area contributed by atoms with Gasteiger partial charge in [0.1, 0.15) is 0 Å². The molecule has 4 rings (SSSR count). The van der Waals surface area contributed by atoms with Gasteiger partial charge in [0.2, 0.25) is 5.91 Å². The fourth-order valence-electron chi connectivity index (χ4n) is 3.74. The Balaban J connectivity index is 1.59. The molecule has 2 aromatic heterocycles. The summed E-state index contributed by atoms with van der Waals surface area (Å²) in [5.74, 6) is -0.0807. The van der Waals surface area contributed by atoms with Crippen molar-refractivity contribution in [2.75, 3.05) is 5.32 Å². The number of nitrogens with one attached hydrogen (secondary N) is 1. The number of aromatic nitrogens is 4. The Morgan fingerprint density at radius 1 is 0.900 bits per heavy atom. The molecule has 152 valence electrons. The van der Waals surface area contributed by atoms with Crippen molar-refractivity contribution in [3.8, 4) is 11.4 Å². The van der Waals surface area contributed by atoms with Gasteiger partial charge in [0.15, 0.2) is 0 Å². The predicted octanol–water partition coefficient (Wildman–Crippen LogP) is 4.47. The van der Waals surface area contributed by atoms with Gasteiger partial charge in [-0.3, -0.25) is 4.79 Å². The zero-order valence-corrected chi connectivity index (χ0v) is 17.7. The molecule has 30 heavy (non-hydrogen) atoms. The topological polar surface area (TPSA) is 64.7 Å². The number of carbonyl (C=O) groups excluding carboxylic acids is 1. The molecule has 2 heterocycles. The van der Waals surface area contributed by atoms with Gasteiger partial charge < -0.3 is 5.32 Å². The first-order chi connectivity index (χ1) is 14.4. The summed E-state index contributed by atoms with van der Waals surface area (Å²) >= 11 is 0. The van der Waals surface area contributed by atoms with Crippen LogP contribution in [0.25, 0.3) is 11.4 Å². The summed E-state index contributed by atoms with van der Waals surface area (Å²) in [4.78, 5) is 12.9. The van der Waals surface area contributed by atoms with Gasteiger partial charge in [0.25, 0.3) is 0 Å². The summed E-state index contributed by atoms with van der Waals surface area (Å²) in [6.07, 6.45) is 0.260. The van der Waals surface area contributed by atoms with Crippen molar-refractivity contribution in [3.63, 3.8) is 0 Å². The van der Waals surface area contributed by atoms with Crippen LogP contribution >= 0.6 is 0 Å². The Hall–Kier alpha value is -3.67. The van der Waals surface area contributed by atoms with E-state index in [4.69, 9.17) is 0 Å². The van der Waals surface area contributed by atoms with Crippen LogP contribution in [-0.2, 0) is 11.2 Å². The number of amides is 1. The van der Waals surface area contributed by atoms with Crippen LogP contribution in [0.15, 0.2) is 60.7 Å².